The van der Waals surface area contributed by atoms with E-state index < -0.39 is 17.5 Å². The Balaban J connectivity index is 1.74. The Kier molecular flexibility index (Phi) is 6.34. The third kappa shape index (κ3) is 4.76. The molecule has 0 saturated carbocycles. The van der Waals surface area contributed by atoms with Crippen LogP contribution in [-0.2, 0) is 5.60 Å². The zero-order valence-electron chi connectivity index (χ0n) is 19.2. The first-order chi connectivity index (χ1) is 16.0. The summed E-state index contributed by atoms with van der Waals surface area (Å²) >= 11 is 6.50. The fraction of sp³-hybridized carbons (Fsp3) is 0.231. The van der Waals surface area contributed by atoms with E-state index >= 15 is 0 Å². The lowest BCUT2D eigenvalue weighted by Gasteiger charge is -2.20. The minimum absolute atomic E-state index is 0.136. The molecular formula is C26H24ClFN4O2. The summed E-state index contributed by atoms with van der Waals surface area (Å²) in [7, 11) is 0. The highest BCUT2D eigenvalue weighted by Gasteiger charge is 2.20. The van der Waals surface area contributed by atoms with Crippen LogP contribution in [0.15, 0.2) is 55.0 Å². The van der Waals surface area contributed by atoms with Crippen molar-refractivity contribution >= 4 is 34.0 Å². The summed E-state index contributed by atoms with van der Waals surface area (Å²) in [4.78, 5) is 24.7. The maximum Gasteiger partial charge on any atom is 0.159 e. The average Bonchev–Trinajstić information content (AvgIpc) is 2.80. The molecule has 0 aliphatic carbocycles. The number of ketones is 1. The molecule has 2 N–H and O–H groups in total. The van der Waals surface area contributed by atoms with Crippen LogP contribution in [0.25, 0.3) is 22.0 Å². The van der Waals surface area contributed by atoms with Gasteiger partial charge in [0, 0.05) is 40.7 Å². The SMILES string of the molecule is CC(=O)c1ccc(F)c([C@@H](C)Nc2c(Cl)cnc3ccc(-c4cnc(C(C)(C)O)nc4)cc23)c1. The first kappa shape index (κ1) is 23.7. The lowest BCUT2D eigenvalue weighted by Crippen LogP contribution is -2.19. The van der Waals surface area contributed by atoms with Crippen LogP contribution in [-0.4, -0.2) is 25.8 Å². The van der Waals surface area contributed by atoms with Crippen LogP contribution in [0.4, 0.5) is 10.1 Å². The number of carbonyl (C=O) groups is 1. The molecule has 0 aliphatic heterocycles. The zero-order chi connectivity index (χ0) is 24.6. The number of carbonyl (C=O) groups excluding carboxylic acids is 1. The number of pyridine rings is 1. The lowest BCUT2D eigenvalue weighted by atomic mass is 10.0. The number of rotatable bonds is 6. The van der Waals surface area contributed by atoms with Gasteiger partial charge in [-0.05, 0) is 63.6 Å². The quantitative estimate of drug-likeness (QED) is 0.326. The van der Waals surface area contributed by atoms with Crippen molar-refractivity contribution in [1.29, 1.82) is 0 Å². The number of anilines is 1. The molecular weight excluding hydrogens is 455 g/mol. The molecule has 4 rings (SSSR count). The van der Waals surface area contributed by atoms with E-state index in [0.717, 1.165) is 16.5 Å². The van der Waals surface area contributed by atoms with E-state index in [4.69, 9.17) is 11.6 Å². The van der Waals surface area contributed by atoms with E-state index in [9.17, 15) is 14.3 Å². The number of benzene rings is 2. The summed E-state index contributed by atoms with van der Waals surface area (Å²) in [6, 6.07) is 9.52. The predicted molar refractivity (Wildman–Crippen MR) is 131 cm³/mol. The van der Waals surface area contributed by atoms with Crippen LogP contribution in [0.1, 0.15) is 55.5 Å². The Morgan fingerprint density at radius 2 is 1.76 bits per heavy atom. The van der Waals surface area contributed by atoms with Gasteiger partial charge in [0.15, 0.2) is 11.6 Å². The third-order valence-corrected chi connectivity index (χ3v) is 5.87. The zero-order valence-corrected chi connectivity index (χ0v) is 20.0. The molecule has 4 aromatic rings. The van der Waals surface area contributed by atoms with Gasteiger partial charge in [0.2, 0.25) is 0 Å². The monoisotopic (exact) mass is 478 g/mol. The topological polar surface area (TPSA) is 88.0 Å². The maximum absolute atomic E-state index is 14.6. The van der Waals surface area contributed by atoms with E-state index in [1.165, 1.54) is 19.1 Å². The molecule has 1 atom stereocenters. The van der Waals surface area contributed by atoms with Gasteiger partial charge in [-0.2, -0.15) is 0 Å². The number of fused-ring (bicyclic) bond motifs is 1. The van der Waals surface area contributed by atoms with Gasteiger partial charge in [-0.25, -0.2) is 14.4 Å². The third-order valence-electron chi connectivity index (χ3n) is 5.58. The van der Waals surface area contributed by atoms with Gasteiger partial charge in [-0.3, -0.25) is 9.78 Å². The smallest absolute Gasteiger partial charge is 0.159 e. The number of halogens is 2. The normalized spacial score (nSPS) is 12.6. The van der Waals surface area contributed by atoms with E-state index in [2.05, 4.69) is 20.3 Å². The fourth-order valence-electron chi connectivity index (χ4n) is 3.68. The van der Waals surface area contributed by atoms with E-state index in [1.54, 1.807) is 45.4 Å². The number of nitrogens with one attached hydrogen (secondary N) is 1. The van der Waals surface area contributed by atoms with Crippen LogP contribution in [0.3, 0.4) is 0 Å². The summed E-state index contributed by atoms with van der Waals surface area (Å²) < 4.78 is 14.6. The van der Waals surface area contributed by atoms with Crippen LogP contribution in [0, 0.1) is 5.82 Å². The molecule has 2 heterocycles. The molecule has 0 saturated heterocycles. The summed E-state index contributed by atoms with van der Waals surface area (Å²) in [5.41, 5.74) is 2.56. The molecule has 0 unspecified atom stereocenters. The van der Waals surface area contributed by atoms with Crippen molar-refractivity contribution < 1.29 is 14.3 Å². The molecule has 0 aliphatic rings. The Morgan fingerprint density at radius 3 is 2.41 bits per heavy atom. The Morgan fingerprint density at radius 1 is 1.06 bits per heavy atom. The molecule has 0 bridgehead atoms. The van der Waals surface area contributed by atoms with Crippen LogP contribution < -0.4 is 5.32 Å². The van der Waals surface area contributed by atoms with Crippen molar-refractivity contribution in [2.75, 3.05) is 5.32 Å². The number of aliphatic hydroxyl groups is 1. The minimum Gasteiger partial charge on any atom is -0.382 e. The van der Waals surface area contributed by atoms with Crippen molar-refractivity contribution in [1.82, 2.24) is 15.0 Å². The number of nitrogens with zero attached hydrogens (tertiary/aromatic N) is 3. The Hall–Kier alpha value is -3.42. The fourth-order valence-corrected chi connectivity index (χ4v) is 3.88. The van der Waals surface area contributed by atoms with Crippen LogP contribution in [0.2, 0.25) is 5.02 Å². The number of Topliss-reactive ketones (excluding diaryl/α,β-unsaturated/α-hetero) is 1. The highest BCUT2D eigenvalue weighted by molar-refractivity contribution is 6.34. The second-order valence-electron chi connectivity index (χ2n) is 8.73. The largest absolute Gasteiger partial charge is 0.382 e. The van der Waals surface area contributed by atoms with Gasteiger partial charge >= 0.3 is 0 Å². The first-order valence-corrected chi connectivity index (χ1v) is 11.1. The Labute approximate surface area is 201 Å². The van der Waals surface area contributed by atoms with Gasteiger partial charge in [-0.1, -0.05) is 17.7 Å². The van der Waals surface area contributed by atoms with Crippen molar-refractivity contribution in [2.45, 2.75) is 39.3 Å². The van der Waals surface area contributed by atoms with Crippen molar-refractivity contribution in [3.05, 3.63) is 82.8 Å². The summed E-state index contributed by atoms with van der Waals surface area (Å²) in [6.45, 7) is 6.50. The molecule has 0 fully saturated rings. The highest BCUT2D eigenvalue weighted by Crippen LogP contribution is 2.35. The van der Waals surface area contributed by atoms with Crippen molar-refractivity contribution in [2.24, 2.45) is 0 Å². The van der Waals surface area contributed by atoms with E-state index in [0.29, 0.717) is 33.2 Å². The van der Waals surface area contributed by atoms with Gasteiger partial charge in [0.1, 0.15) is 11.4 Å². The molecule has 0 radical (unpaired) electrons. The average molecular weight is 479 g/mol. The number of aromatic nitrogens is 3. The predicted octanol–water partition coefficient (Wildman–Crippen LogP) is 6.09. The van der Waals surface area contributed by atoms with E-state index in [-0.39, 0.29) is 5.78 Å². The number of hydrogen-bond donors (Lipinski definition) is 2. The Bertz CT molecular complexity index is 1380. The molecule has 0 spiro atoms. The number of hydrogen-bond acceptors (Lipinski definition) is 6. The van der Waals surface area contributed by atoms with E-state index in [1.807, 2.05) is 18.2 Å². The lowest BCUT2D eigenvalue weighted by molar-refractivity contribution is 0.0687. The van der Waals surface area contributed by atoms with Gasteiger partial charge in [0.25, 0.3) is 0 Å². The molecule has 34 heavy (non-hydrogen) atoms. The summed E-state index contributed by atoms with van der Waals surface area (Å²) in [5.74, 6) is -0.222. The highest BCUT2D eigenvalue weighted by atomic mass is 35.5. The molecule has 2 aromatic heterocycles. The molecule has 8 heteroatoms. The molecule has 0 amide bonds. The maximum atomic E-state index is 14.6. The molecule has 2 aromatic carbocycles. The molecule has 6 nitrogen and oxygen atoms in total. The molecule has 174 valence electrons. The standard InChI is InChI=1S/C26H24ClFN4O2/c1-14(19-9-16(15(2)33)5-7-22(19)28)32-24-20-10-17(6-8-23(20)29-13-21(24)27)18-11-30-25(31-12-18)26(3,4)34/h5-14,34H,1-4H3,(H,29,32)/t14-/m1/s1. The second-order valence-corrected chi connectivity index (χ2v) is 9.13. The van der Waals surface area contributed by atoms with Gasteiger partial charge < -0.3 is 10.4 Å². The second kappa shape index (κ2) is 9.08. The van der Waals surface area contributed by atoms with Gasteiger partial charge in [0.05, 0.1) is 22.3 Å². The summed E-state index contributed by atoms with van der Waals surface area (Å²) in [5, 5.41) is 14.5. The minimum atomic E-state index is -1.14. The summed E-state index contributed by atoms with van der Waals surface area (Å²) in [6.07, 6.45) is 4.85. The first-order valence-electron chi connectivity index (χ1n) is 10.7. The van der Waals surface area contributed by atoms with Gasteiger partial charge in [-0.15, -0.1) is 0 Å². The van der Waals surface area contributed by atoms with Crippen LogP contribution >= 0.6 is 11.6 Å². The van der Waals surface area contributed by atoms with Crippen molar-refractivity contribution in [3.8, 4) is 11.1 Å². The van der Waals surface area contributed by atoms with Crippen molar-refractivity contribution in [3.63, 3.8) is 0 Å². The van der Waals surface area contributed by atoms with Crippen LogP contribution in [0.5, 0.6) is 0 Å².